The first kappa shape index (κ1) is 11.4. The standard InChI is InChI=1S/C13H26N2/c1-11(14-13-5-3-4-6-13)12-7-9-15(2)10-8-12/h11-14H,3-10H2,1-2H3. The fraction of sp³-hybridized carbons (Fsp3) is 1.00. The lowest BCUT2D eigenvalue weighted by atomic mass is 9.90. The maximum Gasteiger partial charge on any atom is 0.00705 e. The average Bonchev–Trinajstić information content (AvgIpc) is 2.71. The van der Waals surface area contributed by atoms with Crippen molar-refractivity contribution in [3.63, 3.8) is 0 Å². The molecule has 15 heavy (non-hydrogen) atoms. The van der Waals surface area contributed by atoms with Gasteiger partial charge in [0.1, 0.15) is 0 Å². The zero-order chi connectivity index (χ0) is 10.7. The first-order valence-electron chi connectivity index (χ1n) is 6.70. The van der Waals surface area contributed by atoms with Gasteiger partial charge >= 0.3 is 0 Å². The van der Waals surface area contributed by atoms with Crippen LogP contribution in [0.15, 0.2) is 0 Å². The van der Waals surface area contributed by atoms with E-state index in [9.17, 15) is 0 Å². The number of hydrogen-bond donors (Lipinski definition) is 1. The summed E-state index contributed by atoms with van der Waals surface area (Å²) in [5.74, 6) is 0.918. The molecule has 2 heteroatoms. The van der Waals surface area contributed by atoms with Crippen LogP contribution in [0.4, 0.5) is 0 Å². The Morgan fingerprint density at radius 2 is 1.67 bits per heavy atom. The van der Waals surface area contributed by atoms with Crippen LogP contribution in [0, 0.1) is 5.92 Å². The Labute approximate surface area is 94.4 Å². The van der Waals surface area contributed by atoms with Crippen molar-refractivity contribution in [3.8, 4) is 0 Å². The van der Waals surface area contributed by atoms with Crippen LogP contribution in [0.1, 0.15) is 45.4 Å². The first-order chi connectivity index (χ1) is 7.25. The molecule has 0 aromatic rings. The molecular weight excluding hydrogens is 184 g/mol. The van der Waals surface area contributed by atoms with Crippen molar-refractivity contribution in [1.29, 1.82) is 0 Å². The Balaban J connectivity index is 1.72. The molecule has 2 nitrogen and oxygen atoms in total. The number of rotatable bonds is 3. The molecule has 1 atom stereocenters. The van der Waals surface area contributed by atoms with Gasteiger partial charge in [0, 0.05) is 12.1 Å². The molecule has 1 saturated carbocycles. The minimum Gasteiger partial charge on any atom is -0.311 e. The molecule has 0 radical (unpaired) electrons. The Bertz CT molecular complexity index is 179. The molecule has 0 aromatic carbocycles. The molecule has 2 aliphatic rings. The molecule has 0 spiro atoms. The monoisotopic (exact) mass is 210 g/mol. The molecule has 0 amide bonds. The SMILES string of the molecule is CC(NC1CCCC1)C1CCN(C)CC1. The zero-order valence-corrected chi connectivity index (χ0v) is 10.3. The minimum atomic E-state index is 0.738. The smallest absolute Gasteiger partial charge is 0.00705 e. The molecule has 1 unspecified atom stereocenters. The summed E-state index contributed by atoms with van der Waals surface area (Å²) < 4.78 is 0. The molecular formula is C13H26N2. The van der Waals surface area contributed by atoms with Crippen molar-refractivity contribution in [1.82, 2.24) is 10.2 Å². The van der Waals surface area contributed by atoms with E-state index in [-0.39, 0.29) is 0 Å². The predicted octanol–water partition coefficient (Wildman–Crippen LogP) is 2.25. The van der Waals surface area contributed by atoms with E-state index < -0.39 is 0 Å². The molecule has 1 aliphatic heterocycles. The summed E-state index contributed by atoms with van der Waals surface area (Å²) in [6.45, 7) is 4.98. The van der Waals surface area contributed by atoms with Crippen LogP contribution in [0.2, 0.25) is 0 Å². The summed E-state index contributed by atoms with van der Waals surface area (Å²) in [7, 11) is 2.24. The van der Waals surface area contributed by atoms with E-state index in [1.165, 1.54) is 51.6 Å². The van der Waals surface area contributed by atoms with Gasteiger partial charge in [-0.15, -0.1) is 0 Å². The van der Waals surface area contributed by atoms with E-state index in [1.54, 1.807) is 0 Å². The number of piperidine rings is 1. The molecule has 88 valence electrons. The summed E-state index contributed by atoms with van der Waals surface area (Å²) in [5.41, 5.74) is 0. The Morgan fingerprint density at radius 3 is 2.27 bits per heavy atom. The second-order valence-electron chi connectivity index (χ2n) is 5.58. The normalized spacial score (nSPS) is 28.4. The molecule has 1 saturated heterocycles. The minimum absolute atomic E-state index is 0.738. The lowest BCUT2D eigenvalue weighted by molar-refractivity contribution is 0.184. The van der Waals surface area contributed by atoms with Crippen LogP contribution < -0.4 is 5.32 Å². The average molecular weight is 210 g/mol. The van der Waals surface area contributed by atoms with Gasteiger partial charge in [-0.3, -0.25) is 0 Å². The Hall–Kier alpha value is -0.0800. The summed E-state index contributed by atoms with van der Waals surface area (Å²) in [6.07, 6.45) is 8.48. The van der Waals surface area contributed by atoms with Gasteiger partial charge in [0.25, 0.3) is 0 Å². The second-order valence-corrected chi connectivity index (χ2v) is 5.58. The third-order valence-corrected chi connectivity index (χ3v) is 4.32. The van der Waals surface area contributed by atoms with Crippen molar-refractivity contribution in [2.45, 2.75) is 57.5 Å². The van der Waals surface area contributed by atoms with Crippen molar-refractivity contribution in [3.05, 3.63) is 0 Å². The van der Waals surface area contributed by atoms with Crippen LogP contribution >= 0.6 is 0 Å². The number of hydrogen-bond acceptors (Lipinski definition) is 2. The third kappa shape index (κ3) is 3.18. The van der Waals surface area contributed by atoms with Crippen LogP contribution in [-0.4, -0.2) is 37.1 Å². The number of nitrogens with zero attached hydrogens (tertiary/aromatic N) is 1. The van der Waals surface area contributed by atoms with Crippen molar-refractivity contribution < 1.29 is 0 Å². The highest BCUT2D eigenvalue weighted by atomic mass is 15.1. The van der Waals surface area contributed by atoms with E-state index in [0.717, 1.165) is 18.0 Å². The lowest BCUT2D eigenvalue weighted by Crippen LogP contribution is -2.43. The van der Waals surface area contributed by atoms with Gasteiger partial charge in [-0.1, -0.05) is 12.8 Å². The van der Waals surface area contributed by atoms with Gasteiger partial charge < -0.3 is 10.2 Å². The fourth-order valence-electron chi connectivity index (χ4n) is 3.13. The third-order valence-electron chi connectivity index (χ3n) is 4.32. The Morgan fingerprint density at radius 1 is 1.07 bits per heavy atom. The lowest BCUT2D eigenvalue weighted by Gasteiger charge is -2.34. The summed E-state index contributed by atoms with van der Waals surface area (Å²) >= 11 is 0. The Kier molecular flexibility index (Phi) is 4.04. The van der Waals surface area contributed by atoms with Crippen molar-refractivity contribution >= 4 is 0 Å². The number of likely N-dealkylation sites (tertiary alicyclic amines) is 1. The number of nitrogens with one attached hydrogen (secondary N) is 1. The van der Waals surface area contributed by atoms with Gasteiger partial charge in [0.15, 0.2) is 0 Å². The molecule has 1 heterocycles. The fourth-order valence-corrected chi connectivity index (χ4v) is 3.13. The largest absolute Gasteiger partial charge is 0.311 e. The van der Waals surface area contributed by atoms with Crippen molar-refractivity contribution in [2.75, 3.05) is 20.1 Å². The maximum absolute atomic E-state index is 3.84. The zero-order valence-electron chi connectivity index (χ0n) is 10.3. The van der Waals surface area contributed by atoms with E-state index >= 15 is 0 Å². The quantitative estimate of drug-likeness (QED) is 0.768. The summed E-state index contributed by atoms with van der Waals surface area (Å²) in [4.78, 5) is 2.46. The highest BCUT2D eigenvalue weighted by Crippen LogP contribution is 2.23. The van der Waals surface area contributed by atoms with Gasteiger partial charge in [-0.05, 0) is 58.7 Å². The summed E-state index contributed by atoms with van der Waals surface area (Å²) in [5, 5.41) is 3.84. The highest BCUT2D eigenvalue weighted by molar-refractivity contribution is 4.83. The van der Waals surface area contributed by atoms with E-state index in [2.05, 4.69) is 24.2 Å². The molecule has 2 rings (SSSR count). The molecule has 1 aliphatic carbocycles. The van der Waals surface area contributed by atoms with Crippen molar-refractivity contribution in [2.24, 2.45) is 5.92 Å². The molecule has 1 N–H and O–H groups in total. The second kappa shape index (κ2) is 5.31. The maximum atomic E-state index is 3.84. The highest BCUT2D eigenvalue weighted by Gasteiger charge is 2.25. The van der Waals surface area contributed by atoms with Crippen LogP contribution in [0.3, 0.4) is 0 Å². The van der Waals surface area contributed by atoms with E-state index in [1.807, 2.05) is 0 Å². The van der Waals surface area contributed by atoms with Gasteiger partial charge in [0.05, 0.1) is 0 Å². The topological polar surface area (TPSA) is 15.3 Å². The van der Waals surface area contributed by atoms with Gasteiger partial charge in [-0.25, -0.2) is 0 Å². The summed E-state index contributed by atoms with van der Waals surface area (Å²) in [6, 6.07) is 1.57. The van der Waals surface area contributed by atoms with Gasteiger partial charge in [0.2, 0.25) is 0 Å². The predicted molar refractivity (Wildman–Crippen MR) is 65.1 cm³/mol. The van der Waals surface area contributed by atoms with Crippen LogP contribution in [0.25, 0.3) is 0 Å². The van der Waals surface area contributed by atoms with Crippen LogP contribution in [-0.2, 0) is 0 Å². The van der Waals surface area contributed by atoms with E-state index in [0.29, 0.717) is 0 Å². The first-order valence-corrected chi connectivity index (χ1v) is 6.70. The van der Waals surface area contributed by atoms with Gasteiger partial charge in [-0.2, -0.15) is 0 Å². The van der Waals surface area contributed by atoms with E-state index in [4.69, 9.17) is 0 Å². The molecule has 0 bridgehead atoms. The molecule has 2 fully saturated rings. The van der Waals surface area contributed by atoms with Crippen LogP contribution in [0.5, 0.6) is 0 Å². The molecule has 0 aromatic heterocycles.